The Labute approximate surface area is 171 Å². The van der Waals surface area contributed by atoms with Crippen LogP contribution in [0.15, 0.2) is 29.2 Å². The molecule has 1 aliphatic heterocycles. The number of esters is 1. The molecule has 2 fully saturated rings. The molecule has 0 unspecified atom stereocenters. The van der Waals surface area contributed by atoms with Gasteiger partial charge in [0.25, 0.3) is 5.91 Å². The van der Waals surface area contributed by atoms with E-state index in [4.69, 9.17) is 9.47 Å². The monoisotopic (exact) mass is 424 g/mol. The zero-order valence-corrected chi connectivity index (χ0v) is 17.5. The van der Waals surface area contributed by atoms with Crippen molar-refractivity contribution >= 4 is 21.9 Å². The van der Waals surface area contributed by atoms with Gasteiger partial charge in [0, 0.05) is 26.2 Å². The molecular weight excluding hydrogens is 396 g/mol. The lowest BCUT2D eigenvalue weighted by Crippen LogP contribution is -2.51. The van der Waals surface area contributed by atoms with Crippen LogP contribution in [0.4, 0.5) is 0 Å². The van der Waals surface area contributed by atoms with Crippen molar-refractivity contribution in [2.75, 3.05) is 39.9 Å². The van der Waals surface area contributed by atoms with Crippen LogP contribution in [-0.2, 0) is 24.3 Å². The molecule has 1 aromatic carbocycles. The Bertz CT molecular complexity index is 810. The van der Waals surface area contributed by atoms with Crippen molar-refractivity contribution in [3.63, 3.8) is 0 Å². The average Bonchev–Trinajstić information content (AvgIpc) is 2.78. The molecule has 0 spiro atoms. The maximum atomic E-state index is 12.8. The summed E-state index contributed by atoms with van der Waals surface area (Å²) in [5, 5.41) is 0. The third kappa shape index (κ3) is 5.27. The first-order valence-electron chi connectivity index (χ1n) is 10.0. The highest BCUT2D eigenvalue weighted by atomic mass is 32.2. The molecule has 8 nitrogen and oxygen atoms in total. The minimum Gasteiger partial charge on any atom is -0.497 e. The number of amides is 1. The van der Waals surface area contributed by atoms with Gasteiger partial charge in [0.2, 0.25) is 10.0 Å². The molecule has 1 saturated heterocycles. The lowest BCUT2D eigenvalue weighted by molar-refractivity contribution is -0.156. The molecule has 1 aliphatic carbocycles. The van der Waals surface area contributed by atoms with E-state index in [1.165, 1.54) is 23.5 Å². The normalized spacial score (nSPS) is 19.0. The third-order valence-electron chi connectivity index (χ3n) is 5.56. The number of sulfonamides is 1. The van der Waals surface area contributed by atoms with Gasteiger partial charge in [-0.15, -0.1) is 0 Å². The topological polar surface area (TPSA) is 93.2 Å². The Morgan fingerprint density at radius 1 is 1.00 bits per heavy atom. The number of hydrogen-bond acceptors (Lipinski definition) is 6. The molecule has 0 N–H and O–H groups in total. The van der Waals surface area contributed by atoms with Gasteiger partial charge < -0.3 is 14.4 Å². The van der Waals surface area contributed by atoms with Gasteiger partial charge >= 0.3 is 5.97 Å². The molecule has 0 aromatic heterocycles. The van der Waals surface area contributed by atoms with Crippen LogP contribution in [0.2, 0.25) is 0 Å². The fourth-order valence-electron chi connectivity index (χ4n) is 3.75. The van der Waals surface area contributed by atoms with E-state index >= 15 is 0 Å². The molecule has 0 bridgehead atoms. The molecule has 9 heteroatoms. The Hall–Kier alpha value is -2.13. The molecule has 1 heterocycles. The predicted molar refractivity (Wildman–Crippen MR) is 106 cm³/mol. The van der Waals surface area contributed by atoms with Crippen molar-refractivity contribution in [1.29, 1.82) is 0 Å². The first-order valence-corrected chi connectivity index (χ1v) is 11.4. The van der Waals surface area contributed by atoms with Crippen LogP contribution in [0.5, 0.6) is 5.75 Å². The van der Waals surface area contributed by atoms with E-state index in [-0.39, 0.29) is 55.5 Å². The first-order chi connectivity index (χ1) is 13.9. The van der Waals surface area contributed by atoms with Crippen LogP contribution < -0.4 is 4.74 Å². The van der Waals surface area contributed by atoms with E-state index < -0.39 is 10.0 Å². The summed E-state index contributed by atoms with van der Waals surface area (Å²) in [6, 6.07) is 6.23. The van der Waals surface area contributed by atoms with Crippen LogP contribution in [0.1, 0.15) is 32.1 Å². The van der Waals surface area contributed by atoms with E-state index in [0.29, 0.717) is 5.75 Å². The highest BCUT2D eigenvalue weighted by Gasteiger charge is 2.31. The van der Waals surface area contributed by atoms with E-state index in [2.05, 4.69) is 0 Å². The molecule has 1 saturated carbocycles. The number of benzene rings is 1. The second kappa shape index (κ2) is 9.58. The first kappa shape index (κ1) is 21.6. The molecule has 0 atom stereocenters. The highest BCUT2D eigenvalue weighted by molar-refractivity contribution is 7.89. The Kier molecular flexibility index (Phi) is 7.13. The lowest BCUT2D eigenvalue weighted by atomic mass is 9.89. The van der Waals surface area contributed by atoms with Gasteiger partial charge in [-0.05, 0) is 37.1 Å². The van der Waals surface area contributed by atoms with Gasteiger partial charge in [0.05, 0.1) is 17.9 Å². The minimum atomic E-state index is -3.62. The quantitative estimate of drug-likeness (QED) is 0.645. The summed E-state index contributed by atoms with van der Waals surface area (Å²) >= 11 is 0. The number of carbonyl (C=O) groups excluding carboxylic acids is 2. The van der Waals surface area contributed by atoms with E-state index in [9.17, 15) is 18.0 Å². The number of nitrogens with zero attached hydrogens (tertiary/aromatic N) is 2. The maximum Gasteiger partial charge on any atom is 0.309 e. The lowest BCUT2D eigenvalue weighted by Gasteiger charge is -2.34. The van der Waals surface area contributed by atoms with Crippen molar-refractivity contribution < 1.29 is 27.5 Å². The van der Waals surface area contributed by atoms with Gasteiger partial charge in [-0.25, -0.2) is 8.42 Å². The third-order valence-corrected chi connectivity index (χ3v) is 7.48. The number of ether oxygens (including phenoxy) is 2. The maximum absolute atomic E-state index is 12.8. The van der Waals surface area contributed by atoms with E-state index in [1.54, 1.807) is 17.0 Å². The van der Waals surface area contributed by atoms with Crippen molar-refractivity contribution in [1.82, 2.24) is 9.21 Å². The van der Waals surface area contributed by atoms with Gasteiger partial charge in [-0.1, -0.05) is 19.3 Å². The minimum absolute atomic E-state index is 0.0944. The average molecular weight is 425 g/mol. The molecular formula is C20H28N2O6S. The second-order valence-electron chi connectivity index (χ2n) is 7.40. The SMILES string of the molecule is COc1ccc(S(=O)(=O)N2CCN(C(=O)COC(=O)C3CCCCC3)CC2)cc1. The summed E-state index contributed by atoms with van der Waals surface area (Å²) in [5.41, 5.74) is 0. The zero-order chi connectivity index (χ0) is 20.9. The number of hydrogen-bond donors (Lipinski definition) is 0. The molecule has 29 heavy (non-hydrogen) atoms. The molecule has 1 aromatic rings. The number of carbonyl (C=O) groups is 2. The summed E-state index contributed by atoms with van der Waals surface area (Å²) in [7, 11) is -2.10. The number of rotatable bonds is 6. The molecule has 1 amide bonds. The Morgan fingerprint density at radius 3 is 2.21 bits per heavy atom. The molecule has 3 rings (SSSR count). The fourth-order valence-corrected chi connectivity index (χ4v) is 5.18. The van der Waals surface area contributed by atoms with Crippen molar-refractivity contribution in [2.45, 2.75) is 37.0 Å². The summed E-state index contributed by atoms with van der Waals surface area (Å²) in [6.45, 7) is 0.679. The Balaban J connectivity index is 1.48. The summed E-state index contributed by atoms with van der Waals surface area (Å²) < 4.78 is 37.2. The summed E-state index contributed by atoms with van der Waals surface area (Å²) in [4.78, 5) is 26.2. The number of piperazine rings is 1. The second-order valence-corrected chi connectivity index (χ2v) is 9.34. The summed E-state index contributed by atoms with van der Waals surface area (Å²) in [5.74, 6) is -0.0837. The largest absolute Gasteiger partial charge is 0.497 e. The van der Waals surface area contributed by atoms with Gasteiger partial charge in [-0.3, -0.25) is 9.59 Å². The molecule has 160 valence electrons. The van der Waals surface area contributed by atoms with Crippen molar-refractivity contribution in [3.8, 4) is 5.75 Å². The Morgan fingerprint density at radius 2 is 1.62 bits per heavy atom. The van der Waals surface area contributed by atoms with Crippen LogP contribution in [0, 0.1) is 5.92 Å². The standard InChI is InChI=1S/C20H28N2O6S/c1-27-17-7-9-18(10-8-17)29(25,26)22-13-11-21(12-14-22)19(23)15-28-20(24)16-5-3-2-4-6-16/h7-10,16H,2-6,11-15H2,1H3. The zero-order valence-electron chi connectivity index (χ0n) is 16.7. The van der Waals surface area contributed by atoms with Gasteiger partial charge in [-0.2, -0.15) is 4.31 Å². The van der Waals surface area contributed by atoms with Crippen LogP contribution in [0.25, 0.3) is 0 Å². The van der Waals surface area contributed by atoms with Crippen LogP contribution in [-0.4, -0.2) is 69.4 Å². The van der Waals surface area contributed by atoms with E-state index in [1.807, 2.05) is 0 Å². The number of methoxy groups -OCH3 is 1. The highest BCUT2D eigenvalue weighted by Crippen LogP contribution is 2.25. The van der Waals surface area contributed by atoms with E-state index in [0.717, 1.165) is 32.1 Å². The van der Waals surface area contributed by atoms with Crippen molar-refractivity contribution in [2.24, 2.45) is 5.92 Å². The molecule has 2 aliphatic rings. The van der Waals surface area contributed by atoms with Crippen LogP contribution >= 0.6 is 0 Å². The van der Waals surface area contributed by atoms with Gasteiger partial charge in [0.15, 0.2) is 6.61 Å². The fraction of sp³-hybridized carbons (Fsp3) is 0.600. The summed E-state index contributed by atoms with van der Waals surface area (Å²) in [6.07, 6.45) is 4.85. The van der Waals surface area contributed by atoms with Crippen LogP contribution in [0.3, 0.4) is 0 Å². The smallest absolute Gasteiger partial charge is 0.309 e. The van der Waals surface area contributed by atoms with Gasteiger partial charge in [0.1, 0.15) is 5.75 Å². The molecule has 0 radical (unpaired) electrons. The predicted octanol–water partition coefficient (Wildman–Crippen LogP) is 1.65. The van der Waals surface area contributed by atoms with Crippen molar-refractivity contribution in [3.05, 3.63) is 24.3 Å².